The molecule has 148 valence electrons. The van der Waals surface area contributed by atoms with Crippen LogP contribution < -0.4 is 15.4 Å². The van der Waals surface area contributed by atoms with Gasteiger partial charge in [-0.25, -0.2) is 4.68 Å². The molecule has 0 spiro atoms. The van der Waals surface area contributed by atoms with Crippen LogP contribution in [-0.4, -0.2) is 33.2 Å². The molecule has 1 aromatic heterocycles. The summed E-state index contributed by atoms with van der Waals surface area (Å²) in [5.41, 5.74) is 3.85. The van der Waals surface area contributed by atoms with Crippen LogP contribution in [-0.2, 0) is 9.59 Å². The number of nitrogens with one attached hydrogen (secondary N) is 2. The first-order valence-electron chi connectivity index (χ1n) is 9.29. The molecule has 4 rings (SSSR count). The molecule has 3 aromatic rings. The van der Waals surface area contributed by atoms with Crippen LogP contribution in [0.25, 0.3) is 0 Å². The van der Waals surface area contributed by atoms with E-state index in [0.29, 0.717) is 11.7 Å². The zero-order valence-electron chi connectivity index (χ0n) is 16.2. The fourth-order valence-electron chi connectivity index (χ4n) is 3.27. The molecule has 0 aliphatic carbocycles. The first-order valence-corrected chi connectivity index (χ1v) is 9.29. The zero-order chi connectivity index (χ0) is 20.4. The molecule has 8 nitrogen and oxygen atoms in total. The maximum absolute atomic E-state index is 12.2. The van der Waals surface area contributed by atoms with Crippen LogP contribution >= 0.6 is 0 Å². The van der Waals surface area contributed by atoms with Gasteiger partial charge in [0.05, 0.1) is 12.5 Å². The van der Waals surface area contributed by atoms with E-state index in [1.54, 1.807) is 16.8 Å². The summed E-state index contributed by atoms with van der Waals surface area (Å²) in [4.78, 5) is 28.1. The van der Waals surface area contributed by atoms with Crippen molar-refractivity contribution in [3.8, 4) is 5.75 Å². The second kappa shape index (κ2) is 7.75. The number of amides is 2. The molecule has 8 heteroatoms. The van der Waals surface area contributed by atoms with Crippen LogP contribution in [0.2, 0.25) is 0 Å². The van der Waals surface area contributed by atoms with Crippen LogP contribution in [0.5, 0.6) is 5.75 Å². The molecule has 0 unspecified atom stereocenters. The number of hydrogen-bond acceptors (Lipinski definition) is 5. The first kappa shape index (κ1) is 18.7. The molecule has 1 atom stereocenters. The van der Waals surface area contributed by atoms with Crippen molar-refractivity contribution in [3.63, 3.8) is 0 Å². The van der Waals surface area contributed by atoms with Gasteiger partial charge in [0.25, 0.3) is 5.91 Å². The molecular formula is C21H21N5O3. The summed E-state index contributed by atoms with van der Waals surface area (Å²) in [6, 6.07) is 12.9. The highest BCUT2D eigenvalue weighted by molar-refractivity contribution is 5.93. The van der Waals surface area contributed by atoms with E-state index in [1.807, 2.05) is 44.2 Å². The second-order valence-corrected chi connectivity index (χ2v) is 6.95. The highest BCUT2D eigenvalue weighted by Crippen LogP contribution is 2.29. The molecular weight excluding hydrogens is 370 g/mol. The normalized spacial score (nSPS) is 15.4. The SMILES string of the molecule is Cc1cccc(NC(=O)COc2ccc([C@@H]3CC(=O)Nc4ncnn43)cc2)c1C. The van der Waals surface area contributed by atoms with Gasteiger partial charge in [0.2, 0.25) is 11.9 Å². The molecule has 0 fully saturated rings. The van der Waals surface area contributed by atoms with Gasteiger partial charge in [-0.2, -0.15) is 10.1 Å². The Bertz CT molecular complexity index is 1060. The van der Waals surface area contributed by atoms with Gasteiger partial charge in [-0.1, -0.05) is 24.3 Å². The minimum atomic E-state index is -0.223. The Morgan fingerprint density at radius 3 is 2.83 bits per heavy atom. The standard InChI is InChI=1S/C21H21N5O3/c1-13-4-3-5-17(14(13)2)24-20(28)11-29-16-8-6-15(7-9-16)18-10-19(27)25-21-22-12-23-26(18)21/h3-9,12,18H,10-11H2,1-2H3,(H,24,28)(H,22,23,25,27)/t18-/m0/s1. The van der Waals surface area contributed by atoms with Crippen molar-refractivity contribution in [2.45, 2.75) is 26.3 Å². The zero-order valence-corrected chi connectivity index (χ0v) is 16.2. The smallest absolute Gasteiger partial charge is 0.262 e. The number of benzene rings is 2. The summed E-state index contributed by atoms with van der Waals surface area (Å²) in [5, 5.41) is 9.75. The summed E-state index contributed by atoms with van der Waals surface area (Å²) < 4.78 is 7.29. The topological polar surface area (TPSA) is 98.1 Å². The lowest BCUT2D eigenvalue weighted by atomic mass is 10.0. The predicted molar refractivity (Wildman–Crippen MR) is 108 cm³/mol. The van der Waals surface area contributed by atoms with Gasteiger partial charge in [0.15, 0.2) is 6.61 Å². The third kappa shape index (κ3) is 3.96. The van der Waals surface area contributed by atoms with Crippen LogP contribution in [0, 0.1) is 13.8 Å². The summed E-state index contributed by atoms with van der Waals surface area (Å²) in [6.45, 7) is 3.88. The highest BCUT2D eigenvalue weighted by atomic mass is 16.5. The van der Waals surface area contributed by atoms with E-state index in [1.165, 1.54) is 6.33 Å². The third-order valence-electron chi connectivity index (χ3n) is 5.01. The maximum Gasteiger partial charge on any atom is 0.262 e. The lowest BCUT2D eigenvalue weighted by molar-refractivity contribution is -0.118. The van der Waals surface area contributed by atoms with Gasteiger partial charge in [0.1, 0.15) is 12.1 Å². The van der Waals surface area contributed by atoms with Gasteiger partial charge in [-0.05, 0) is 48.7 Å². The Hall–Kier alpha value is -3.68. The number of ether oxygens (including phenoxy) is 1. The van der Waals surface area contributed by atoms with E-state index in [-0.39, 0.29) is 30.9 Å². The lowest BCUT2D eigenvalue weighted by Gasteiger charge is -2.23. The molecule has 2 heterocycles. The molecule has 29 heavy (non-hydrogen) atoms. The van der Waals surface area contributed by atoms with Crippen molar-refractivity contribution in [3.05, 3.63) is 65.5 Å². The van der Waals surface area contributed by atoms with Gasteiger partial charge in [-0.15, -0.1) is 0 Å². The summed E-state index contributed by atoms with van der Waals surface area (Å²) >= 11 is 0. The van der Waals surface area contributed by atoms with E-state index in [2.05, 4.69) is 20.7 Å². The Morgan fingerprint density at radius 1 is 1.24 bits per heavy atom. The monoisotopic (exact) mass is 391 g/mol. The number of aryl methyl sites for hydroxylation is 1. The average Bonchev–Trinajstić information content (AvgIpc) is 3.18. The number of rotatable bonds is 5. The van der Waals surface area contributed by atoms with Crippen LogP contribution in [0.1, 0.15) is 29.2 Å². The second-order valence-electron chi connectivity index (χ2n) is 6.95. The summed E-state index contributed by atoms with van der Waals surface area (Å²) in [6.07, 6.45) is 1.70. The Labute approximate surface area is 167 Å². The Kier molecular flexibility index (Phi) is 4.99. The minimum absolute atomic E-state index is 0.0915. The van der Waals surface area contributed by atoms with E-state index < -0.39 is 0 Å². The molecule has 2 N–H and O–H groups in total. The number of fused-ring (bicyclic) bond motifs is 1. The van der Waals surface area contributed by atoms with Crippen molar-refractivity contribution in [1.29, 1.82) is 0 Å². The average molecular weight is 391 g/mol. The first-order chi connectivity index (χ1) is 14.0. The lowest BCUT2D eigenvalue weighted by Crippen LogP contribution is -2.29. The van der Waals surface area contributed by atoms with Gasteiger partial charge in [-0.3, -0.25) is 14.9 Å². The number of anilines is 2. The number of carbonyl (C=O) groups is 2. The quantitative estimate of drug-likeness (QED) is 0.697. The predicted octanol–water partition coefficient (Wildman–Crippen LogP) is 2.84. The molecule has 1 aliphatic heterocycles. The Morgan fingerprint density at radius 2 is 2.03 bits per heavy atom. The number of carbonyl (C=O) groups excluding carboxylic acids is 2. The molecule has 0 saturated carbocycles. The van der Waals surface area contributed by atoms with Crippen molar-refractivity contribution in [2.24, 2.45) is 0 Å². The number of nitrogens with zero attached hydrogens (tertiary/aromatic N) is 3. The fraction of sp³-hybridized carbons (Fsp3) is 0.238. The molecule has 2 amide bonds. The highest BCUT2D eigenvalue weighted by Gasteiger charge is 2.27. The molecule has 2 aromatic carbocycles. The largest absolute Gasteiger partial charge is 0.484 e. The van der Waals surface area contributed by atoms with Gasteiger partial charge < -0.3 is 10.1 Å². The fourth-order valence-corrected chi connectivity index (χ4v) is 3.27. The molecule has 0 bridgehead atoms. The maximum atomic E-state index is 12.2. The number of hydrogen-bond donors (Lipinski definition) is 2. The minimum Gasteiger partial charge on any atom is -0.484 e. The van der Waals surface area contributed by atoms with Crippen molar-refractivity contribution >= 4 is 23.5 Å². The van der Waals surface area contributed by atoms with E-state index >= 15 is 0 Å². The Balaban J connectivity index is 1.39. The van der Waals surface area contributed by atoms with Crippen LogP contribution in [0.4, 0.5) is 11.6 Å². The summed E-state index contributed by atoms with van der Waals surface area (Å²) in [7, 11) is 0. The van der Waals surface area contributed by atoms with E-state index in [9.17, 15) is 9.59 Å². The molecule has 0 radical (unpaired) electrons. The van der Waals surface area contributed by atoms with Gasteiger partial charge in [0, 0.05) is 5.69 Å². The van der Waals surface area contributed by atoms with Gasteiger partial charge >= 0.3 is 0 Å². The van der Waals surface area contributed by atoms with Crippen molar-refractivity contribution < 1.29 is 14.3 Å². The summed E-state index contributed by atoms with van der Waals surface area (Å²) in [5.74, 6) is 0.691. The van der Waals surface area contributed by atoms with Crippen LogP contribution in [0.15, 0.2) is 48.8 Å². The molecule has 0 saturated heterocycles. The van der Waals surface area contributed by atoms with E-state index in [4.69, 9.17) is 4.74 Å². The van der Waals surface area contributed by atoms with E-state index in [0.717, 1.165) is 22.4 Å². The third-order valence-corrected chi connectivity index (χ3v) is 5.01. The van der Waals surface area contributed by atoms with Crippen molar-refractivity contribution in [1.82, 2.24) is 14.8 Å². The molecule has 1 aliphatic rings. The van der Waals surface area contributed by atoms with Crippen LogP contribution in [0.3, 0.4) is 0 Å². The van der Waals surface area contributed by atoms with Crippen molar-refractivity contribution in [2.75, 3.05) is 17.2 Å². The number of aromatic nitrogens is 3.